The third kappa shape index (κ3) is 3.08. The van der Waals surface area contributed by atoms with Gasteiger partial charge in [0, 0.05) is 37.3 Å². The molecule has 2 heterocycles. The summed E-state index contributed by atoms with van der Waals surface area (Å²) in [6, 6.07) is 4.35. The summed E-state index contributed by atoms with van der Waals surface area (Å²) in [6.07, 6.45) is 3.35. The summed E-state index contributed by atoms with van der Waals surface area (Å²) >= 11 is 0. The first-order valence-electron chi connectivity index (χ1n) is 8.01. The van der Waals surface area contributed by atoms with E-state index in [1.54, 1.807) is 33.5 Å². The van der Waals surface area contributed by atoms with Crippen molar-refractivity contribution >= 4 is 5.91 Å². The number of benzene rings is 1. The standard InChI is InChI=1S/C17H24N2O4/c1-21-14-9-16(23-3)15(22-2)8-13(14)17(20)19-7-6-11-4-5-12(10-19)18-11/h8-9,11-12,18H,4-7,10H2,1-3H3. The summed E-state index contributed by atoms with van der Waals surface area (Å²) in [5.41, 5.74) is 0.517. The van der Waals surface area contributed by atoms with E-state index in [4.69, 9.17) is 14.2 Å². The number of nitrogens with one attached hydrogen (secondary N) is 1. The molecule has 3 rings (SSSR count). The minimum absolute atomic E-state index is 0.0165. The number of hydrogen-bond donors (Lipinski definition) is 1. The minimum Gasteiger partial charge on any atom is -0.496 e. The van der Waals surface area contributed by atoms with Crippen LogP contribution in [0.5, 0.6) is 17.2 Å². The van der Waals surface area contributed by atoms with Gasteiger partial charge in [0.05, 0.1) is 26.9 Å². The van der Waals surface area contributed by atoms with Gasteiger partial charge in [-0.15, -0.1) is 0 Å². The number of hydrogen-bond acceptors (Lipinski definition) is 5. The monoisotopic (exact) mass is 320 g/mol. The van der Waals surface area contributed by atoms with Gasteiger partial charge in [0.25, 0.3) is 5.91 Å². The van der Waals surface area contributed by atoms with Gasteiger partial charge < -0.3 is 24.4 Å². The molecule has 2 aliphatic heterocycles. The van der Waals surface area contributed by atoms with Gasteiger partial charge in [0.1, 0.15) is 5.75 Å². The van der Waals surface area contributed by atoms with E-state index in [1.165, 1.54) is 6.42 Å². The van der Waals surface area contributed by atoms with Crippen LogP contribution in [0.4, 0.5) is 0 Å². The predicted octanol–water partition coefficient (Wildman–Crippen LogP) is 1.68. The second-order valence-electron chi connectivity index (χ2n) is 6.09. The Labute approximate surface area is 136 Å². The van der Waals surface area contributed by atoms with Gasteiger partial charge in [-0.05, 0) is 19.3 Å². The summed E-state index contributed by atoms with van der Waals surface area (Å²) in [7, 11) is 4.69. The van der Waals surface area contributed by atoms with Crippen LogP contribution in [0.3, 0.4) is 0 Å². The Balaban J connectivity index is 1.88. The van der Waals surface area contributed by atoms with Crippen molar-refractivity contribution in [1.29, 1.82) is 0 Å². The summed E-state index contributed by atoms with van der Waals surface area (Å²) in [5, 5.41) is 3.59. The number of fused-ring (bicyclic) bond motifs is 2. The van der Waals surface area contributed by atoms with E-state index >= 15 is 0 Å². The predicted molar refractivity (Wildman–Crippen MR) is 86.6 cm³/mol. The highest BCUT2D eigenvalue weighted by atomic mass is 16.5. The number of nitrogens with zero attached hydrogens (tertiary/aromatic N) is 1. The number of carbonyl (C=O) groups is 1. The molecular weight excluding hydrogens is 296 g/mol. The zero-order valence-electron chi connectivity index (χ0n) is 13.9. The average molecular weight is 320 g/mol. The van der Waals surface area contributed by atoms with E-state index in [9.17, 15) is 4.79 Å². The van der Waals surface area contributed by atoms with E-state index in [0.717, 1.165) is 25.9 Å². The first-order chi connectivity index (χ1) is 11.2. The smallest absolute Gasteiger partial charge is 0.257 e. The molecule has 1 aromatic carbocycles. The molecule has 6 nitrogen and oxygen atoms in total. The lowest BCUT2D eigenvalue weighted by molar-refractivity contribution is 0.0744. The van der Waals surface area contributed by atoms with Gasteiger partial charge in [0.15, 0.2) is 11.5 Å². The van der Waals surface area contributed by atoms with Gasteiger partial charge in [0.2, 0.25) is 0 Å². The molecule has 23 heavy (non-hydrogen) atoms. The Morgan fingerprint density at radius 1 is 1.00 bits per heavy atom. The second-order valence-corrected chi connectivity index (χ2v) is 6.09. The van der Waals surface area contributed by atoms with Crippen LogP contribution in [0.25, 0.3) is 0 Å². The Morgan fingerprint density at radius 3 is 2.35 bits per heavy atom. The van der Waals surface area contributed by atoms with Crippen molar-refractivity contribution in [2.75, 3.05) is 34.4 Å². The van der Waals surface area contributed by atoms with Crippen LogP contribution >= 0.6 is 0 Å². The molecular formula is C17H24N2O4. The Hall–Kier alpha value is -1.95. The van der Waals surface area contributed by atoms with E-state index in [1.807, 2.05) is 4.90 Å². The zero-order chi connectivity index (χ0) is 16.4. The van der Waals surface area contributed by atoms with Crippen molar-refractivity contribution in [3.8, 4) is 17.2 Å². The van der Waals surface area contributed by atoms with Crippen molar-refractivity contribution in [2.45, 2.75) is 31.3 Å². The van der Waals surface area contributed by atoms with Gasteiger partial charge in [-0.2, -0.15) is 0 Å². The van der Waals surface area contributed by atoms with Gasteiger partial charge in [-0.25, -0.2) is 0 Å². The normalized spacial score (nSPS) is 23.3. The average Bonchev–Trinajstić information content (AvgIpc) is 2.91. The van der Waals surface area contributed by atoms with Crippen molar-refractivity contribution < 1.29 is 19.0 Å². The lowest BCUT2D eigenvalue weighted by atomic mass is 10.1. The maximum atomic E-state index is 13.0. The van der Waals surface area contributed by atoms with Crippen LogP contribution in [0, 0.1) is 0 Å². The number of ether oxygens (including phenoxy) is 3. The molecule has 126 valence electrons. The summed E-state index contributed by atoms with van der Waals surface area (Å²) in [4.78, 5) is 14.9. The van der Waals surface area contributed by atoms with Gasteiger partial charge in [-0.1, -0.05) is 0 Å². The van der Waals surface area contributed by atoms with Crippen molar-refractivity contribution in [3.63, 3.8) is 0 Å². The molecule has 2 atom stereocenters. The molecule has 1 N–H and O–H groups in total. The highest BCUT2D eigenvalue weighted by Gasteiger charge is 2.32. The first-order valence-corrected chi connectivity index (χ1v) is 8.01. The van der Waals surface area contributed by atoms with Gasteiger partial charge in [-0.3, -0.25) is 4.79 Å². The first kappa shape index (κ1) is 15.9. The number of methoxy groups -OCH3 is 3. The van der Waals surface area contributed by atoms with Crippen LogP contribution in [0.1, 0.15) is 29.6 Å². The maximum Gasteiger partial charge on any atom is 0.257 e. The quantitative estimate of drug-likeness (QED) is 0.914. The molecule has 1 aromatic rings. The van der Waals surface area contributed by atoms with Crippen molar-refractivity contribution in [3.05, 3.63) is 17.7 Å². The third-order valence-electron chi connectivity index (χ3n) is 4.75. The summed E-state index contributed by atoms with van der Waals surface area (Å²) in [5.74, 6) is 1.58. The van der Waals surface area contributed by atoms with E-state index in [-0.39, 0.29) is 5.91 Å². The second kappa shape index (κ2) is 6.66. The molecule has 0 aliphatic carbocycles. The minimum atomic E-state index is -0.0165. The fourth-order valence-corrected chi connectivity index (χ4v) is 3.49. The Kier molecular flexibility index (Phi) is 4.61. The zero-order valence-corrected chi connectivity index (χ0v) is 13.9. The van der Waals surface area contributed by atoms with Crippen LogP contribution in [0.15, 0.2) is 12.1 Å². The molecule has 2 unspecified atom stereocenters. The van der Waals surface area contributed by atoms with Gasteiger partial charge >= 0.3 is 0 Å². The molecule has 6 heteroatoms. The molecule has 0 saturated carbocycles. The molecule has 2 bridgehead atoms. The highest BCUT2D eigenvalue weighted by molar-refractivity contribution is 5.98. The maximum absolute atomic E-state index is 13.0. The Bertz CT molecular complexity index is 590. The molecule has 2 fully saturated rings. The third-order valence-corrected chi connectivity index (χ3v) is 4.75. The van der Waals surface area contributed by atoms with Crippen LogP contribution in [-0.2, 0) is 0 Å². The number of likely N-dealkylation sites (tertiary alicyclic amines) is 1. The van der Waals surface area contributed by atoms with Crippen molar-refractivity contribution in [2.24, 2.45) is 0 Å². The van der Waals surface area contributed by atoms with E-state index < -0.39 is 0 Å². The summed E-state index contributed by atoms with van der Waals surface area (Å²) < 4.78 is 16.0. The molecule has 1 amide bonds. The number of carbonyl (C=O) groups excluding carboxylic acids is 1. The van der Waals surface area contributed by atoms with Crippen LogP contribution in [0.2, 0.25) is 0 Å². The molecule has 0 radical (unpaired) electrons. The fraction of sp³-hybridized carbons (Fsp3) is 0.588. The highest BCUT2D eigenvalue weighted by Crippen LogP contribution is 2.35. The van der Waals surface area contributed by atoms with Crippen LogP contribution < -0.4 is 19.5 Å². The SMILES string of the molecule is COc1cc(OC)c(C(=O)N2CCC3CCC(C2)N3)cc1OC. The fourth-order valence-electron chi connectivity index (χ4n) is 3.49. The molecule has 2 aliphatic rings. The lowest BCUT2D eigenvalue weighted by Gasteiger charge is -2.25. The largest absolute Gasteiger partial charge is 0.496 e. The molecule has 2 saturated heterocycles. The Morgan fingerprint density at radius 2 is 1.65 bits per heavy atom. The van der Waals surface area contributed by atoms with Crippen molar-refractivity contribution in [1.82, 2.24) is 10.2 Å². The van der Waals surface area contributed by atoms with Crippen LogP contribution in [-0.4, -0.2) is 57.3 Å². The number of amides is 1. The number of rotatable bonds is 4. The lowest BCUT2D eigenvalue weighted by Crippen LogP contribution is -2.39. The summed E-state index contributed by atoms with van der Waals surface area (Å²) in [6.45, 7) is 1.51. The van der Waals surface area contributed by atoms with E-state index in [2.05, 4.69) is 5.32 Å². The molecule has 0 aromatic heterocycles. The van der Waals surface area contributed by atoms with E-state index in [0.29, 0.717) is 34.9 Å². The molecule has 0 spiro atoms. The topological polar surface area (TPSA) is 60.0 Å².